The number of alkyl halides is 1. The summed E-state index contributed by atoms with van der Waals surface area (Å²) >= 11 is 0. The van der Waals surface area contributed by atoms with Crippen LogP contribution in [0.1, 0.15) is 98.5 Å². The molecule has 4 fully saturated rings. The number of esters is 1. The Morgan fingerprint density at radius 3 is 2.69 bits per heavy atom. The first-order valence-electron chi connectivity index (χ1n) is 17.7. The molecule has 1 amide bonds. The van der Waals surface area contributed by atoms with Gasteiger partial charge in [-0.3, -0.25) is 13.9 Å². The highest BCUT2D eigenvalue weighted by Crippen LogP contribution is 2.68. The van der Waals surface area contributed by atoms with Crippen molar-refractivity contribution in [2.75, 3.05) is 13.8 Å². The molecule has 1 aromatic heterocycles. The molecule has 0 spiro atoms. The van der Waals surface area contributed by atoms with E-state index in [-0.39, 0.29) is 83.1 Å². The predicted molar refractivity (Wildman–Crippen MR) is 165 cm³/mol. The monoisotopic (exact) mass is 635 g/mol. The molecule has 4 N–H and O–H groups in total. The highest BCUT2D eigenvalue weighted by atomic mass is 19.1. The number of halogens is 1. The van der Waals surface area contributed by atoms with E-state index in [0.29, 0.717) is 32.2 Å². The summed E-state index contributed by atoms with van der Waals surface area (Å²) in [5, 5.41) is 44.5. The van der Waals surface area contributed by atoms with Crippen LogP contribution in [0.2, 0.25) is 0 Å². The number of carbonyl (C=O) groups excluding carboxylic acids is 2. The van der Waals surface area contributed by atoms with Crippen molar-refractivity contribution in [3.05, 3.63) is 11.9 Å². The fourth-order valence-electron chi connectivity index (χ4n) is 10.3. The van der Waals surface area contributed by atoms with Gasteiger partial charge in [0.15, 0.2) is 0 Å². The van der Waals surface area contributed by atoms with Gasteiger partial charge in [-0.05, 0) is 111 Å². The fourth-order valence-corrected chi connectivity index (χ4v) is 10.3. The fraction of sp³-hybridized carbons (Fsp3) is 0.882. The lowest BCUT2D eigenvalue weighted by Crippen LogP contribution is -2.62. The highest BCUT2D eigenvalue weighted by Gasteiger charge is 2.65. The van der Waals surface area contributed by atoms with E-state index in [4.69, 9.17) is 6.11 Å². The quantitative estimate of drug-likeness (QED) is 0.201. The van der Waals surface area contributed by atoms with Gasteiger partial charge >= 0.3 is 5.97 Å². The minimum absolute atomic E-state index is 0.0215. The first-order chi connectivity index (χ1) is 21.8. The third kappa shape index (κ3) is 6.68. The van der Waals surface area contributed by atoms with Crippen molar-refractivity contribution in [3.63, 3.8) is 0 Å². The Balaban J connectivity index is 1.21. The van der Waals surface area contributed by atoms with Crippen LogP contribution in [-0.2, 0) is 27.3 Å². The maximum atomic E-state index is 13.2. The van der Waals surface area contributed by atoms with E-state index in [1.807, 2.05) is 0 Å². The molecule has 4 aliphatic rings. The number of aryl methyl sites for hydroxylation is 1. The summed E-state index contributed by atoms with van der Waals surface area (Å²) in [6.07, 6.45) is 6.17. The Hall–Kier alpha value is -2.11. The molecule has 10 nitrogen and oxygen atoms in total. The maximum absolute atomic E-state index is 13.2. The molecule has 0 saturated heterocycles. The molecule has 0 aromatic carbocycles. The topological polar surface area (TPSA) is 147 Å². The lowest BCUT2D eigenvalue weighted by molar-refractivity contribution is -0.207. The third-order valence-corrected chi connectivity index (χ3v) is 12.9. The molecular formula is C34H55FN4O6. The van der Waals surface area contributed by atoms with E-state index in [1.165, 1.54) is 11.8 Å². The van der Waals surface area contributed by atoms with Gasteiger partial charge in [-0.2, -0.15) is 0 Å². The number of carbonyl (C=O) groups is 2. The van der Waals surface area contributed by atoms with E-state index >= 15 is 0 Å². The molecule has 1 unspecified atom stereocenters. The first kappa shape index (κ1) is 32.8. The minimum Gasteiger partial charge on any atom is -0.467 e. The van der Waals surface area contributed by atoms with Gasteiger partial charge in [0.2, 0.25) is 5.91 Å². The summed E-state index contributed by atoms with van der Waals surface area (Å²) < 4.78 is 27.1. The number of amides is 1. The van der Waals surface area contributed by atoms with Crippen LogP contribution in [0.3, 0.4) is 0 Å². The molecular weight excluding hydrogens is 579 g/mol. The van der Waals surface area contributed by atoms with Gasteiger partial charge in [-0.15, -0.1) is 5.10 Å². The number of nitrogens with zero attached hydrogens (tertiary/aromatic N) is 3. The molecule has 0 radical (unpaired) electrons. The number of hydrogen-bond donors (Lipinski definition) is 4. The first-order valence-corrected chi connectivity index (χ1v) is 17.2. The van der Waals surface area contributed by atoms with Gasteiger partial charge in [-0.1, -0.05) is 26.0 Å². The van der Waals surface area contributed by atoms with Crippen molar-refractivity contribution in [2.24, 2.45) is 46.3 Å². The van der Waals surface area contributed by atoms with Gasteiger partial charge in [-0.25, -0.2) is 4.79 Å². The average Bonchev–Trinajstić information content (AvgIpc) is 3.56. The summed E-state index contributed by atoms with van der Waals surface area (Å²) in [6.45, 7) is 6.59. The van der Waals surface area contributed by atoms with Crippen molar-refractivity contribution in [1.82, 2.24) is 20.3 Å². The lowest BCUT2D eigenvalue weighted by Gasteiger charge is -2.63. The number of rotatable bonds is 12. The molecule has 1 aromatic rings. The number of methoxy groups -OCH3 is 1. The number of fused-ring (bicyclic) bond motifs is 5. The normalized spacial score (nSPS) is 39.2. The van der Waals surface area contributed by atoms with Crippen molar-refractivity contribution in [1.29, 1.82) is 0 Å². The van der Waals surface area contributed by atoms with E-state index in [9.17, 15) is 29.3 Å². The molecule has 5 rings (SSSR count). The smallest absolute Gasteiger partial charge is 0.328 e. The minimum atomic E-state index is -1.02. The Labute approximate surface area is 268 Å². The summed E-state index contributed by atoms with van der Waals surface area (Å²) in [6, 6.07) is -1.02. The van der Waals surface area contributed by atoms with Crippen LogP contribution in [0.4, 0.5) is 4.39 Å². The molecule has 0 aliphatic heterocycles. The van der Waals surface area contributed by atoms with Crippen LogP contribution < -0.4 is 5.32 Å². The van der Waals surface area contributed by atoms with Crippen molar-refractivity contribution >= 4 is 11.9 Å². The summed E-state index contributed by atoms with van der Waals surface area (Å²) in [7, 11) is 1.25. The number of nitrogens with one attached hydrogen (secondary N) is 1. The van der Waals surface area contributed by atoms with Gasteiger partial charge in [0.25, 0.3) is 0 Å². The van der Waals surface area contributed by atoms with E-state index in [1.54, 1.807) is 0 Å². The largest absolute Gasteiger partial charge is 0.467 e. The highest BCUT2D eigenvalue weighted by molar-refractivity contribution is 5.84. The van der Waals surface area contributed by atoms with Gasteiger partial charge in [0.05, 0.1) is 39.2 Å². The summed E-state index contributed by atoms with van der Waals surface area (Å²) in [5.41, 5.74) is -0.0774. The average molecular weight is 636 g/mol. The molecule has 4 saturated carbocycles. The Kier molecular flexibility index (Phi) is 10.2. The second-order valence-electron chi connectivity index (χ2n) is 15.2. The zero-order chi connectivity index (χ0) is 33.4. The number of unbranched alkanes of at least 4 members (excludes halogenated alkanes) is 1. The summed E-state index contributed by atoms with van der Waals surface area (Å²) in [4.78, 5) is 25.7. The summed E-state index contributed by atoms with van der Waals surface area (Å²) in [5.74, 6) is 0.258. The Morgan fingerprint density at radius 1 is 1.18 bits per heavy atom. The standard InChI is InChI=1S/C34H55FN4O6/c1-20(7-10-30(43)36-27(32(44)45-4)17-22-19-39(38-37-22)14-6-5-13-35)24-8-9-25-31-26(18-29(42)34(24,25)3)33(2)12-11-23(40)15-21(33)16-28(31)41/h19-21,23-29,31,40-42H,5-18H2,1-4H3,(H,36,43)/t20-,21+,23-,24-,25+,26+,27?,28-,29+,31+,33+,34-/m1/s1/i19D. The molecule has 12 atom stereocenters. The SMILES string of the molecule is [2H]c1c(CC(NC(=O)CC[C@@H](C)[C@H]2CC[C@H]3[C@@H]4[C@H](O)C[C@@H]5C[C@H](O)CC[C@]5(C)[C@H]4C[C@H](O)[C@]23C)C(=O)OC)nnn1CCCCF. The number of aromatic nitrogens is 3. The van der Waals surface area contributed by atoms with Crippen LogP contribution in [0.15, 0.2) is 6.17 Å². The van der Waals surface area contributed by atoms with E-state index < -0.39 is 30.9 Å². The second kappa shape index (κ2) is 13.9. The molecule has 0 bridgehead atoms. The molecule has 254 valence electrons. The number of ether oxygens (including phenoxy) is 1. The predicted octanol–water partition coefficient (Wildman–Crippen LogP) is 3.61. The molecule has 11 heteroatoms. The Morgan fingerprint density at radius 2 is 1.96 bits per heavy atom. The van der Waals surface area contributed by atoms with Gasteiger partial charge in [0, 0.05) is 25.6 Å². The van der Waals surface area contributed by atoms with Crippen molar-refractivity contribution in [2.45, 2.75) is 129 Å². The van der Waals surface area contributed by atoms with E-state index in [2.05, 4.69) is 36.4 Å². The van der Waals surface area contributed by atoms with Crippen LogP contribution in [0, 0.1) is 46.3 Å². The Bertz CT molecular complexity index is 1240. The lowest BCUT2D eigenvalue weighted by atomic mass is 9.43. The second-order valence-corrected chi connectivity index (χ2v) is 15.2. The number of aliphatic hydroxyl groups excluding tert-OH is 3. The number of aliphatic hydroxyl groups is 3. The van der Waals surface area contributed by atoms with Crippen molar-refractivity contribution in [3.8, 4) is 0 Å². The van der Waals surface area contributed by atoms with Gasteiger partial charge in [0.1, 0.15) is 6.04 Å². The van der Waals surface area contributed by atoms with E-state index in [0.717, 1.165) is 38.5 Å². The van der Waals surface area contributed by atoms with Gasteiger partial charge < -0.3 is 25.4 Å². The molecule has 1 heterocycles. The third-order valence-electron chi connectivity index (χ3n) is 12.9. The van der Waals surface area contributed by atoms with Crippen molar-refractivity contribution < 1.29 is 35.4 Å². The molecule has 45 heavy (non-hydrogen) atoms. The molecule has 4 aliphatic carbocycles. The van der Waals surface area contributed by atoms with Crippen LogP contribution >= 0.6 is 0 Å². The zero-order valence-corrected chi connectivity index (χ0v) is 27.5. The number of hydrogen-bond acceptors (Lipinski definition) is 8. The van der Waals surface area contributed by atoms with Crippen LogP contribution in [0.25, 0.3) is 0 Å². The maximum Gasteiger partial charge on any atom is 0.328 e. The van der Waals surface area contributed by atoms with Crippen LogP contribution in [-0.4, -0.2) is 80.3 Å². The zero-order valence-electron chi connectivity index (χ0n) is 28.5. The van der Waals surface area contributed by atoms with Crippen LogP contribution in [0.5, 0.6) is 0 Å².